The summed E-state index contributed by atoms with van der Waals surface area (Å²) < 4.78 is 0. The van der Waals surface area contributed by atoms with Crippen LogP contribution in [0, 0.1) is 16.7 Å². The zero-order chi connectivity index (χ0) is 17.0. The molecule has 3 aliphatic heterocycles. The molecule has 0 bridgehead atoms. The van der Waals surface area contributed by atoms with Gasteiger partial charge in [-0.05, 0) is 61.6 Å². The zero-order valence-electron chi connectivity index (χ0n) is 14.8. The number of rotatable bonds is 0. The number of hydrogen-bond donors (Lipinski definition) is 2. The Morgan fingerprint density at radius 3 is 3.00 bits per heavy atom. The summed E-state index contributed by atoms with van der Waals surface area (Å²) in [4.78, 5) is 15.8. The highest BCUT2D eigenvalue weighted by Gasteiger charge is 2.76. The van der Waals surface area contributed by atoms with E-state index < -0.39 is 0 Å². The van der Waals surface area contributed by atoms with Gasteiger partial charge >= 0.3 is 0 Å². The molecule has 4 fully saturated rings. The molecule has 1 amide bonds. The van der Waals surface area contributed by atoms with E-state index in [-0.39, 0.29) is 28.3 Å². The van der Waals surface area contributed by atoms with Crippen LogP contribution >= 0.6 is 0 Å². The number of nitrogens with one attached hydrogen (secondary N) is 1. The van der Waals surface area contributed by atoms with Crippen molar-refractivity contribution >= 4 is 11.6 Å². The highest BCUT2D eigenvalue weighted by atomic mass is 16.3. The van der Waals surface area contributed by atoms with Crippen molar-refractivity contribution in [3.05, 3.63) is 29.8 Å². The van der Waals surface area contributed by atoms with Crippen molar-refractivity contribution in [2.75, 3.05) is 18.4 Å². The molecule has 6 rings (SSSR count). The van der Waals surface area contributed by atoms with Crippen LogP contribution in [-0.4, -0.2) is 41.1 Å². The maximum absolute atomic E-state index is 13.1. The smallest absolute Gasteiger partial charge is 0.236 e. The average Bonchev–Trinajstić information content (AvgIpc) is 2.94. The third-order valence-electron chi connectivity index (χ3n) is 8.88. The summed E-state index contributed by atoms with van der Waals surface area (Å²) >= 11 is 0. The minimum Gasteiger partial charge on any atom is -0.393 e. The summed E-state index contributed by atoms with van der Waals surface area (Å²) in [6.45, 7) is 4.44. The van der Waals surface area contributed by atoms with Crippen LogP contribution in [0.15, 0.2) is 24.3 Å². The molecule has 132 valence electrons. The first kappa shape index (κ1) is 14.7. The van der Waals surface area contributed by atoms with Gasteiger partial charge in [0.25, 0.3) is 0 Å². The molecule has 2 N–H and O–H groups in total. The fourth-order valence-corrected chi connectivity index (χ4v) is 7.38. The Hall–Kier alpha value is -1.39. The topological polar surface area (TPSA) is 52.6 Å². The van der Waals surface area contributed by atoms with Gasteiger partial charge in [0, 0.05) is 23.7 Å². The molecular weight excluding hydrogens is 312 g/mol. The lowest BCUT2D eigenvalue weighted by Crippen LogP contribution is -2.56. The second kappa shape index (κ2) is 4.29. The molecule has 0 unspecified atom stereocenters. The molecule has 2 aliphatic carbocycles. The second-order valence-electron chi connectivity index (χ2n) is 9.48. The lowest BCUT2D eigenvalue weighted by atomic mass is 9.62. The quantitative estimate of drug-likeness (QED) is 0.764. The van der Waals surface area contributed by atoms with Crippen LogP contribution in [0.2, 0.25) is 0 Å². The Balaban J connectivity index is 1.45. The normalized spacial score (nSPS) is 50.0. The van der Waals surface area contributed by atoms with Crippen molar-refractivity contribution < 1.29 is 9.90 Å². The first-order valence-electron chi connectivity index (χ1n) is 9.84. The molecule has 5 aliphatic rings. The van der Waals surface area contributed by atoms with Gasteiger partial charge in [-0.15, -0.1) is 0 Å². The van der Waals surface area contributed by atoms with Gasteiger partial charge < -0.3 is 10.4 Å². The van der Waals surface area contributed by atoms with Crippen LogP contribution in [0.5, 0.6) is 0 Å². The second-order valence-corrected chi connectivity index (χ2v) is 9.48. The van der Waals surface area contributed by atoms with Crippen LogP contribution < -0.4 is 5.32 Å². The van der Waals surface area contributed by atoms with Gasteiger partial charge in [0.05, 0.1) is 11.5 Å². The Kier molecular flexibility index (Phi) is 2.53. The van der Waals surface area contributed by atoms with Crippen molar-refractivity contribution in [1.29, 1.82) is 0 Å². The van der Waals surface area contributed by atoms with Gasteiger partial charge in [-0.1, -0.05) is 25.1 Å². The van der Waals surface area contributed by atoms with Crippen LogP contribution in [0.3, 0.4) is 0 Å². The molecule has 25 heavy (non-hydrogen) atoms. The third kappa shape index (κ3) is 1.48. The fraction of sp³-hybridized carbons (Fsp3) is 0.667. The number of hydrogen-bond acceptors (Lipinski definition) is 3. The van der Waals surface area contributed by atoms with Crippen molar-refractivity contribution in [2.45, 2.75) is 56.6 Å². The predicted molar refractivity (Wildman–Crippen MR) is 95.2 cm³/mol. The first-order valence-corrected chi connectivity index (χ1v) is 9.84. The molecule has 0 aromatic heterocycles. The molecule has 4 nitrogen and oxygen atoms in total. The molecular formula is C21H26N2O2. The van der Waals surface area contributed by atoms with E-state index >= 15 is 0 Å². The van der Waals surface area contributed by atoms with Crippen LogP contribution in [0.4, 0.5) is 5.69 Å². The molecule has 2 spiro atoms. The minimum atomic E-state index is -0.373. The number of aliphatic hydroxyl groups excluding tert-OH is 1. The summed E-state index contributed by atoms with van der Waals surface area (Å²) in [5.74, 6) is 0.904. The number of carbonyl (C=O) groups excluding carboxylic acids is 1. The SMILES string of the molecule is C[C@@]12C[C@@]13C[C@@H]1N(CC[C@@]14C(=O)Nc1ccccc14)C[C@@H]3CC[C@@H]2O. The summed E-state index contributed by atoms with van der Waals surface area (Å²) in [5.41, 5.74) is 2.20. The number of benzene rings is 1. The van der Waals surface area contributed by atoms with E-state index in [0.717, 1.165) is 50.9 Å². The van der Waals surface area contributed by atoms with E-state index in [9.17, 15) is 9.90 Å². The Bertz CT molecular complexity index is 794. The van der Waals surface area contributed by atoms with Crippen LogP contribution in [-0.2, 0) is 10.2 Å². The molecule has 2 saturated heterocycles. The monoisotopic (exact) mass is 338 g/mol. The summed E-state index contributed by atoms with van der Waals surface area (Å²) in [6, 6.07) is 8.57. The minimum absolute atomic E-state index is 0.0837. The number of para-hydroxylation sites is 1. The van der Waals surface area contributed by atoms with Gasteiger partial charge in [0.2, 0.25) is 5.91 Å². The van der Waals surface area contributed by atoms with Gasteiger partial charge in [-0.3, -0.25) is 9.69 Å². The molecule has 4 heteroatoms. The maximum Gasteiger partial charge on any atom is 0.236 e. The van der Waals surface area contributed by atoms with Gasteiger partial charge in [0.1, 0.15) is 0 Å². The van der Waals surface area contributed by atoms with Crippen LogP contribution in [0.25, 0.3) is 0 Å². The number of amides is 1. The largest absolute Gasteiger partial charge is 0.393 e. The predicted octanol–water partition coefficient (Wildman–Crippen LogP) is 2.52. The fourth-order valence-electron chi connectivity index (χ4n) is 7.38. The highest BCUT2D eigenvalue weighted by molar-refractivity contribution is 6.07. The molecule has 2 saturated carbocycles. The van der Waals surface area contributed by atoms with E-state index in [4.69, 9.17) is 0 Å². The van der Waals surface area contributed by atoms with E-state index in [0.29, 0.717) is 12.0 Å². The van der Waals surface area contributed by atoms with E-state index in [1.54, 1.807) is 0 Å². The van der Waals surface area contributed by atoms with E-state index in [1.165, 1.54) is 5.56 Å². The maximum atomic E-state index is 13.1. The van der Waals surface area contributed by atoms with Crippen molar-refractivity contribution in [2.24, 2.45) is 16.7 Å². The summed E-state index contributed by atoms with van der Waals surface area (Å²) in [7, 11) is 0. The van der Waals surface area contributed by atoms with Gasteiger partial charge in [-0.2, -0.15) is 0 Å². The van der Waals surface area contributed by atoms with E-state index in [1.807, 2.05) is 12.1 Å². The Morgan fingerprint density at radius 2 is 2.12 bits per heavy atom. The lowest BCUT2D eigenvalue weighted by Gasteiger charge is -2.50. The lowest BCUT2D eigenvalue weighted by molar-refractivity contribution is -0.123. The number of nitrogens with zero attached hydrogens (tertiary/aromatic N) is 1. The highest BCUT2D eigenvalue weighted by Crippen LogP contribution is 2.77. The van der Waals surface area contributed by atoms with Gasteiger partial charge in [0.15, 0.2) is 0 Å². The van der Waals surface area contributed by atoms with Gasteiger partial charge in [-0.25, -0.2) is 0 Å². The van der Waals surface area contributed by atoms with E-state index in [2.05, 4.69) is 29.3 Å². The van der Waals surface area contributed by atoms with Crippen molar-refractivity contribution in [3.63, 3.8) is 0 Å². The average molecular weight is 338 g/mol. The number of anilines is 1. The number of carbonyl (C=O) groups is 1. The Morgan fingerprint density at radius 1 is 1.28 bits per heavy atom. The molecule has 6 atom stereocenters. The number of piperidine rings is 1. The van der Waals surface area contributed by atoms with Crippen molar-refractivity contribution in [3.8, 4) is 0 Å². The standard InChI is InChI=1S/C21H26N2O2/c1-19-12-20(19)10-16-21(14-4-2-3-5-15(14)22-18(21)25)8-9-23(16)11-13(20)6-7-17(19)24/h2-5,13,16-17,24H,6-12H2,1H3,(H,22,25)/t13-,16-,17-,19-,20+,21-/m0/s1. The summed E-state index contributed by atoms with van der Waals surface area (Å²) in [5, 5.41) is 13.8. The Labute approximate surface area is 148 Å². The molecule has 1 aromatic carbocycles. The van der Waals surface area contributed by atoms with Crippen LogP contribution in [0.1, 0.15) is 44.6 Å². The van der Waals surface area contributed by atoms with Crippen molar-refractivity contribution in [1.82, 2.24) is 4.90 Å². The summed E-state index contributed by atoms with van der Waals surface area (Å²) in [6.07, 6.45) is 5.11. The zero-order valence-corrected chi connectivity index (χ0v) is 14.8. The number of aliphatic hydroxyl groups is 1. The first-order chi connectivity index (χ1) is 12.0. The third-order valence-corrected chi connectivity index (χ3v) is 8.88. The molecule has 0 radical (unpaired) electrons. The molecule has 3 heterocycles. The number of fused-ring (bicyclic) bond motifs is 4. The molecule has 1 aromatic rings.